The fraction of sp³-hybridized carbons (Fsp3) is 0.231. The molecule has 74 valence electrons. The average molecular weight is 198 g/mol. The van der Waals surface area contributed by atoms with Gasteiger partial charge in [-0.2, -0.15) is 0 Å². The van der Waals surface area contributed by atoms with E-state index in [4.69, 9.17) is 9.47 Å². The van der Waals surface area contributed by atoms with Gasteiger partial charge in [0.15, 0.2) is 0 Å². The van der Waals surface area contributed by atoms with Gasteiger partial charge >= 0.3 is 0 Å². The minimum absolute atomic E-state index is 0.147. The molecule has 3 atom stereocenters. The normalized spacial score (nSPS) is 34.4. The molecule has 1 saturated heterocycles. The first-order valence-corrected chi connectivity index (χ1v) is 5.23. The molecule has 0 aliphatic carbocycles. The Morgan fingerprint density at radius 2 is 2.00 bits per heavy atom. The minimum Gasteiger partial charge on any atom is -0.465 e. The molecule has 0 radical (unpaired) electrons. The number of para-hydroxylation sites is 1. The van der Waals surface area contributed by atoms with Gasteiger partial charge in [0, 0.05) is 17.1 Å². The lowest BCUT2D eigenvalue weighted by Gasteiger charge is -2.25. The van der Waals surface area contributed by atoms with Crippen LogP contribution in [0.3, 0.4) is 0 Å². The van der Waals surface area contributed by atoms with Crippen LogP contribution in [0.1, 0.15) is 11.5 Å². The molecule has 2 bridgehead atoms. The van der Waals surface area contributed by atoms with E-state index in [-0.39, 0.29) is 12.2 Å². The number of rotatable bonds is 0. The van der Waals surface area contributed by atoms with Crippen LogP contribution in [0, 0.1) is 0 Å². The van der Waals surface area contributed by atoms with E-state index in [0.29, 0.717) is 5.92 Å². The van der Waals surface area contributed by atoms with Crippen molar-refractivity contribution in [1.82, 2.24) is 0 Å². The molecule has 3 aliphatic rings. The number of benzene rings is 1. The van der Waals surface area contributed by atoms with Gasteiger partial charge in [0.2, 0.25) is 0 Å². The standard InChI is InChI=1S/C13H10O2/c1-2-4-10-8(3-1)13-9(7-14-10)11-5-6-12(13)15-11/h1-7,11-13H/t11-,12+,13-/m0/s1. The van der Waals surface area contributed by atoms with Crippen LogP contribution in [0.4, 0.5) is 0 Å². The Bertz CT molecular complexity index is 487. The quantitative estimate of drug-likeness (QED) is 0.596. The van der Waals surface area contributed by atoms with Gasteiger partial charge in [0.05, 0.1) is 12.4 Å². The summed E-state index contributed by atoms with van der Waals surface area (Å²) in [5.41, 5.74) is 2.52. The maximum Gasteiger partial charge on any atom is 0.130 e. The van der Waals surface area contributed by atoms with Gasteiger partial charge in [-0.3, -0.25) is 0 Å². The highest BCUT2D eigenvalue weighted by Gasteiger charge is 2.45. The fourth-order valence-corrected chi connectivity index (χ4v) is 2.69. The summed E-state index contributed by atoms with van der Waals surface area (Å²) in [6.45, 7) is 0. The second-order valence-electron chi connectivity index (χ2n) is 4.16. The third-order valence-electron chi connectivity index (χ3n) is 3.37. The van der Waals surface area contributed by atoms with Crippen molar-refractivity contribution in [3.8, 4) is 5.75 Å². The molecule has 0 unspecified atom stereocenters. The van der Waals surface area contributed by atoms with Crippen molar-refractivity contribution >= 4 is 0 Å². The first kappa shape index (κ1) is 7.71. The van der Waals surface area contributed by atoms with Crippen molar-refractivity contribution in [1.29, 1.82) is 0 Å². The Labute approximate surface area is 87.8 Å². The lowest BCUT2D eigenvalue weighted by molar-refractivity contribution is 0.122. The number of hydrogen-bond acceptors (Lipinski definition) is 2. The molecule has 1 fully saturated rings. The number of fused-ring (bicyclic) bond motifs is 7. The first-order valence-electron chi connectivity index (χ1n) is 5.23. The Hall–Kier alpha value is -1.54. The van der Waals surface area contributed by atoms with Gasteiger partial charge in [-0.05, 0) is 6.07 Å². The summed E-state index contributed by atoms with van der Waals surface area (Å²) in [7, 11) is 0. The molecule has 0 N–H and O–H groups in total. The molecule has 4 rings (SSSR count). The van der Waals surface area contributed by atoms with Crippen LogP contribution in [0.25, 0.3) is 0 Å². The Kier molecular flexibility index (Phi) is 1.30. The lowest BCUT2D eigenvalue weighted by atomic mass is 9.82. The molecule has 2 nitrogen and oxygen atoms in total. The maximum absolute atomic E-state index is 5.82. The molecule has 0 saturated carbocycles. The summed E-state index contributed by atoms with van der Waals surface area (Å²) >= 11 is 0. The number of ether oxygens (including phenoxy) is 2. The monoisotopic (exact) mass is 198 g/mol. The van der Waals surface area contributed by atoms with Gasteiger partial charge in [-0.1, -0.05) is 30.4 Å². The van der Waals surface area contributed by atoms with Crippen molar-refractivity contribution in [2.24, 2.45) is 0 Å². The zero-order valence-corrected chi connectivity index (χ0v) is 8.09. The highest BCUT2D eigenvalue weighted by molar-refractivity contribution is 5.51. The summed E-state index contributed by atoms with van der Waals surface area (Å²) in [6, 6.07) is 8.20. The van der Waals surface area contributed by atoms with Gasteiger partial charge in [0.1, 0.15) is 11.9 Å². The molecular formula is C13H10O2. The maximum atomic E-state index is 5.82. The molecule has 0 aromatic heterocycles. The highest BCUT2D eigenvalue weighted by Crippen LogP contribution is 2.49. The highest BCUT2D eigenvalue weighted by atomic mass is 16.5. The average Bonchev–Trinajstić information content (AvgIpc) is 2.89. The Morgan fingerprint density at radius 1 is 1.07 bits per heavy atom. The van der Waals surface area contributed by atoms with Crippen molar-refractivity contribution in [2.45, 2.75) is 18.1 Å². The van der Waals surface area contributed by atoms with E-state index in [0.717, 1.165) is 5.75 Å². The molecule has 3 heterocycles. The third kappa shape index (κ3) is 0.876. The van der Waals surface area contributed by atoms with Gasteiger partial charge in [0.25, 0.3) is 0 Å². The molecule has 1 aromatic rings. The second kappa shape index (κ2) is 2.52. The summed E-state index contributed by atoms with van der Waals surface area (Å²) in [4.78, 5) is 0. The van der Waals surface area contributed by atoms with E-state index in [9.17, 15) is 0 Å². The van der Waals surface area contributed by atoms with Crippen molar-refractivity contribution in [3.05, 3.63) is 53.8 Å². The predicted octanol–water partition coefficient (Wildman–Crippen LogP) is 2.38. The van der Waals surface area contributed by atoms with Crippen molar-refractivity contribution in [3.63, 3.8) is 0 Å². The van der Waals surface area contributed by atoms with Gasteiger partial charge in [-0.25, -0.2) is 0 Å². The minimum atomic E-state index is 0.147. The Morgan fingerprint density at radius 3 is 3.00 bits per heavy atom. The van der Waals surface area contributed by atoms with Crippen LogP contribution in [-0.2, 0) is 4.74 Å². The van der Waals surface area contributed by atoms with E-state index in [2.05, 4.69) is 24.3 Å². The van der Waals surface area contributed by atoms with Crippen LogP contribution in [0.2, 0.25) is 0 Å². The summed E-state index contributed by atoms with van der Waals surface area (Å²) < 4.78 is 11.4. The van der Waals surface area contributed by atoms with Gasteiger partial charge in [-0.15, -0.1) is 0 Å². The van der Waals surface area contributed by atoms with Crippen LogP contribution in [-0.4, -0.2) is 12.2 Å². The largest absolute Gasteiger partial charge is 0.465 e. The van der Waals surface area contributed by atoms with E-state index in [1.54, 1.807) is 0 Å². The van der Waals surface area contributed by atoms with E-state index >= 15 is 0 Å². The topological polar surface area (TPSA) is 18.5 Å². The zero-order chi connectivity index (χ0) is 9.83. The molecule has 1 aromatic carbocycles. The molecule has 0 amide bonds. The van der Waals surface area contributed by atoms with Crippen LogP contribution in [0.15, 0.2) is 48.3 Å². The first-order chi connectivity index (χ1) is 7.43. The van der Waals surface area contributed by atoms with E-state index in [1.807, 2.05) is 18.4 Å². The van der Waals surface area contributed by atoms with Crippen LogP contribution in [0.5, 0.6) is 5.75 Å². The van der Waals surface area contributed by atoms with Crippen molar-refractivity contribution in [2.75, 3.05) is 0 Å². The van der Waals surface area contributed by atoms with Gasteiger partial charge < -0.3 is 9.47 Å². The SMILES string of the molecule is C1=C[C@H]2O[C@@H]1C1=COc3ccccc3[C@@H]12. The molecule has 0 spiro atoms. The second-order valence-corrected chi connectivity index (χ2v) is 4.16. The molecule has 3 aliphatic heterocycles. The lowest BCUT2D eigenvalue weighted by Crippen LogP contribution is -2.18. The molecule has 15 heavy (non-hydrogen) atoms. The third-order valence-corrected chi connectivity index (χ3v) is 3.37. The molecular weight excluding hydrogens is 188 g/mol. The van der Waals surface area contributed by atoms with Crippen molar-refractivity contribution < 1.29 is 9.47 Å². The Balaban J connectivity index is 1.92. The zero-order valence-electron chi connectivity index (χ0n) is 8.09. The van der Waals surface area contributed by atoms with E-state index in [1.165, 1.54) is 11.1 Å². The summed E-state index contributed by atoms with van der Waals surface area (Å²) in [5, 5.41) is 0. The van der Waals surface area contributed by atoms with Crippen LogP contribution >= 0.6 is 0 Å². The summed E-state index contributed by atoms with van der Waals surface area (Å²) in [5.74, 6) is 1.35. The fourth-order valence-electron chi connectivity index (χ4n) is 2.69. The van der Waals surface area contributed by atoms with Crippen LogP contribution < -0.4 is 4.74 Å². The number of hydrogen-bond donors (Lipinski definition) is 0. The smallest absolute Gasteiger partial charge is 0.130 e. The molecule has 2 heteroatoms. The summed E-state index contributed by atoms with van der Waals surface area (Å²) in [6.07, 6.45) is 6.50. The van der Waals surface area contributed by atoms with E-state index < -0.39 is 0 Å². The predicted molar refractivity (Wildman–Crippen MR) is 55.7 cm³/mol.